The van der Waals surface area contributed by atoms with Crippen LogP contribution in [0.4, 0.5) is 0 Å². The third-order valence-electron chi connectivity index (χ3n) is 4.29. The topological polar surface area (TPSA) is 39.3 Å². The number of nitrogens with zero attached hydrogens (tertiary/aromatic N) is 2. The van der Waals surface area contributed by atoms with E-state index in [1.807, 2.05) is 19.9 Å². The molecule has 0 bridgehead atoms. The van der Waals surface area contributed by atoms with Crippen LogP contribution < -0.4 is 0 Å². The van der Waals surface area contributed by atoms with E-state index in [0.717, 1.165) is 49.2 Å². The van der Waals surface area contributed by atoms with Crippen LogP contribution in [0.1, 0.15) is 34.6 Å². The molecule has 0 aromatic carbocycles. The van der Waals surface area contributed by atoms with Gasteiger partial charge in [0, 0.05) is 49.2 Å². The Bertz CT molecular complexity index is 468. The van der Waals surface area contributed by atoms with Crippen LogP contribution in [0, 0.1) is 13.8 Å². The van der Waals surface area contributed by atoms with Gasteiger partial charge in [0.15, 0.2) is 5.78 Å². The largest absolute Gasteiger partial charge is 0.362 e. The van der Waals surface area contributed by atoms with Crippen LogP contribution in [-0.4, -0.2) is 59.3 Å². The van der Waals surface area contributed by atoms with Gasteiger partial charge < -0.3 is 4.98 Å². The van der Waals surface area contributed by atoms with Gasteiger partial charge in [-0.2, -0.15) is 0 Å². The number of carbonyl (C=O) groups is 1. The second-order valence-electron chi connectivity index (χ2n) is 5.96. The van der Waals surface area contributed by atoms with Gasteiger partial charge in [0.2, 0.25) is 0 Å². The van der Waals surface area contributed by atoms with E-state index in [9.17, 15) is 4.79 Å². The molecule has 1 saturated heterocycles. The lowest BCUT2D eigenvalue weighted by Gasteiger charge is -2.34. The highest BCUT2D eigenvalue weighted by Gasteiger charge is 2.31. The number of H-pyrrole nitrogens is 1. The lowest BCUT2D eigenvalue weighted by atomic mass is 10.1. The minimum absolute atomic E-state index is 0.252. The molecule has 2 fully saturated rings. The maximum atomic E-state index is 12.3. The van der Waals surface area contributed by atoms with Crippen molar-refractivity contribution in [3.63, 3.8) is 0 Å². The van der Waals surface area contributed by atoms with Crippen LogP contribution in [0.3, 0.4) is 0 Å². The number of ketones is 1. The van der Waals surface area contributed by atoms with E-state index in [2.05, 4.69) is 14.8 Å². The molecular formula is C15H23N3O. The van der Waals surface area contributed by atoms with Crippen molar-refractivity contribution in [3.05, 3.63) is 23.0 Å². The Morgan fingerprint density at radius 3 is 2.47 bits per heavy atom. The normalized spacial score (nSPS) is 21.8. The van der Waals surface area contributed by atoms with E-state index in [0.29, 0.717) is 6.54 Å². The summed E-state index contributed by atoms with van der Waals surface area (Å²) >= 11 is 0. The fourth-order valence-corrected chi connectivity index (χ4v) is 3.03. The molecule has 1 aliphatic heterocycles. The van der Waals surface area contributed by atoms with Gasteiger partial charge >= 0.3 is 0 Å². The zero-order valence-electron chi connectivity index (χ0n) is 11.9. The number of hydrogen-bond acceptors (Lipinski definition) is 3. The average molecular weight is 261 g/mol. The summed E-state index contributed by atoms with van der Waals surface area (Å²) < 4.78 is 0. The Hall–Kier alpha value is -1.13. The number of aromatic nitrogens is 1. The number of aryl methyl sites for hydroxylation is 2. The van der Waals surface area contributed by atoms with E-state index < -0.39 is 0 Å². The van der Waals surface area contributed by atoms with Gasteiger partial charge in [-0.05, 0) is 32.8 Å². The summed E-state index contributed by atoms with van der Waals surface area (Å²) in [5, 5.41) is 0. The molecule has 0 unspecified atom stereocenters. The molecule has 0 amide bonds. The first-order chi connectivity index (χ1) is 9.13. The highest BCUT2D eigenvalue weighted by Crippen LogP contribution is 2.27. The monoisotopic (exact) mass is 261 g/mol. The van der Waals surface area contributed by atoms with Gasteiger partial charge in [-0.3, -0.25) is 14.6 Å². The average Bonchev–Trinajstić information content (AvgIpc) is 3.16. The van der Waals surface area contributed by atoms with E-state index in [-0.39, 0.29) is 5.78 Å². The van der Waals surface area contributed by atoms with Crippen LogP contribution in [0.25, 0.3) is 0 Å². The molecule has 0 spiro atoms. The van der Waals surface area contributed by atoms with Crippen LogP contribution >= 0.6 is 0 Å². The molecule has 4 heteroatoms. The van der Waals surface area contributed by atoms with Gasteiger partial charge in [-0.15, -0.1) is 0 Å². The first-order valence-electron chi connectivity index (χ1n) is 7.29. The summed E-state index contributed by atoms with van der Waals surface area (Å²) in [5.41, 5.74) is 2.93. The Balaban J connectivity index is 1.54. The number of nitrogens with one attached hydrogen (secondary N) is 1. The summed E-state index contributed by atoms with van der Waals surface area (Å²) in [4.78, 5) is 20.4. The van der Waals surface area contributed by atoms with Gasteiger partial charge in [0.1, 0.15) is 0 Å². The van der Waals surface area contributed by atoms with E-state index in [4.69, 9.17) is 0 Å². The Kier molecular flexibility index (Phi) is 3.46. The number of rotatable bonds is 4. The van der Waals surface area contributed by atoms with Gasteiger partial charge in [-0.25, -0.2) is 0 Å². The molecule has 4 nitrogen and oxygen atoms in total. The summed E-state index contributed by atoms with van der Waals surface area (Å²) in [7, 11) is 0. The Morgan fingerprint density at radius 2 is 1.95 bits per heavy atom. The minimum Gasteiger partial charge on any atom is -0.362 e. The first-order valence-corrected chi connectivity index (χ1v) is 7.29. The molecule has 1 aromatic heterocycles. The molecular weight excluding hydrogens is 238 g/mol. The van der Waals surface area contributed by atoms with Crippen molar-refractivity contribution in [3.8, 4) is 0 Å². The summed E-state index contributed by atoms with van der Waals surface area (Å²) in [5.74, 6) is 0.252. The minimum atomic E-state index is 0.252. The van der Waals surface area contributed by atoms with Crippen molar-refractivity contribution in [2.45, 2.75) is 32.7 Å². The standard InChI is InChI=1S/C15H23N3O/c1-11-9-14(12(2)16-11)15(19)10-17-5-7-18(8-6-17)13-3-4-13/h9,13,16H,3-8,10H2,1-2H3. The molecule has 0 atom stereocenters. The van der Waals surface area contributed by atoms with Crippen LogP contribution in [0.5, 0.6) is 0 Å². The SMILES string of the molecule is Cc1cc(C(=O)CN2CCN(C3CC3)CC2)c(C)[nH]1. The van der Waals surface area contributed by atoms with E-state index in [1.165, 1.54) is 12.8 Å². The third kappa shape index (κ3) is 2.90. The maximum absolute atomic E-state index is 12.3. The molecule has 1 aromatic rings. The zero-order valence-corrected chi connectivity index (χ0v) is 11.9. The second kappa shape index (κ2) is 5.10. The first kappa shape index (κ1) is 12.9. The van der Waals surface area contributed by atoms with Crippen molar-refractivity contribution < 1.29 is 4.79 Å². The van der Waals surface area contributed by atoms with Crippen LogP contribution in [0.15, 0.2) is 6.07 Å². The highest BCUT2D eigenvalue weighted by atomic mass is 16.1. The molecule has 1 aliphatic carbocycles. The molecule has 2 aliphatic rings. The van der Waals surface area contributed by atoms with Crippen LogP contribution in [-0.2, 0) is 0 Å². The number of hydrogen-bond donors (Lipinski definition) is 1. The third-order valence-corrected chi connectivity index (χ3v) is 4.29. The van der Waals surface area contributed by atoms with E-state index in [1.54, 1.807) is 0 Å². The lowest BCUT2D eigenvalue weighted by Crippen LogP contribution is -2.48. The molecule has 2 heterocycles. The number of piperazine rings is 1. The van der Waals surface area contributed by atoms with Crippen molar-refractivity contribution in [1.82, 2.24) is 14.8 Å². The smallest absolute Gasteiger partial charge is 0.178 e. The van der Waals surface area contributed by atoms with Crippen molar-refractivity contribution in [1.29, 1.82) is 0 Å². The van der Waals surface area contributed by atoms with Crippen molar-refractivity contribution >= 4 is 5.78 Å². The number of Topliss-reactive ketones (excluding diaryl/α,β-unsaturated/α-hetero) is 1. The summed E-state index contributed by atoms with van der Waals surface area (Å²) in [6.07, 6.45) is 2.75. The number of carbonyl (C=O) groups excluding carboxylic acids is 1. The molecule has 3 rings (SSSR count). The lowest BCUT2D eigenvalue weighted by molar-refractivity contribution is 0.0843. The molecule has 0 radical (unpaired) electrons. The number of aromatic amines is 1. The molecule has 1 N–H and O–H groups in total. The van der Waals surface area contributed by atoms with Crippen molar-refractivity contribution in [2.75, 3.05) is 32.7 Å². The summed E-state index contributed by atoms with van der Waals surface area (Å²) in [6.45, 7) is 8.86. The fraction of sp³-hybridized carbons (Fsp3) is 0.667. The second-order valence-corrected chi connectivity index (χ2v) is 5.96. The zero-order chi connectivity index (χ0) is 13.4. The van der Waals surface area contributed by atoms with Crippen molar-refractivity contribution in [2.24, 2.45) is 0 Å². The molecule has 1 saturated carbocycles. The molecule has 19 heavy (non-hydrogen) atoms. The molecule has 104 valence electrons. The Morgan fingerprint density at radius 1 is 1.26 bits per heavy atom. The maximum Gasteiger partial charge on any atom is 0.178 e. The fourth-order valence-electron chi connectivity index (χ4n) is 3.03. The van der Waals surface area contributed by atoms with Gasteiger partial charge in [-0.1, -0.05) is 0 Å². The summed E-state index contributed by atoms with van der Waals surface area (Å²) in [6, 6.07) is 2.82. The highest BCUT2D eigenvalue weighted by molar-refractivity contribution is 5.98. The predicted molar refractivity (Wildman–Crippen MR) is 75.6 cm³/mol. The van der Waals surface area contributed by atoms with Crippen LogP contribution in [0.2, 0.25) is 0 Å². The van der Waals surface area contributed by atoms with E-state index >= 15 is 0 Å². The van der Waals surface area contributed by atoms with Gasteiger partial charge in [0.25, 0.3) is 0 Å². The van der Waals surface area contributed by atoms with Gasteiger partial charge in [0.05, 0.1) is 6.54 Å². The Labute approximate surface area is 114 Å². The predicted octanol–water partition coefficient (Wildman–Crippen LogP) is 1.59. The quantitative estimate of drug-likeness (QED) is 0.837.